The van der Waals surface area contributed by atoms with Crippen molar-refractivity contribution in [3.8, 4) is 0 Å². The zero-order valence-corrected chi connectivity index (χ0v) is 17.3. The molecule has 0 unspecified atom stereocenters. The standard InChI is InChI=1S/C20H26N4O3S/c1-13(2)10-19(26)22-18-4-7-21-24(18)16-5-8-23(9-6-16)20(27)15-11-17(14(3)25)28-12-15/h4,7,11-13,16H,5-6,8-10H2,1-3H3,(H,22,26). The summed E-state index contributed by atoms with van der Waals surface area (Å²) in [4.78, 5) is 38.6. The highest BCUT2D eigenvalue weighted by atomic mass is 32.1. The van der Waals surface area contributed by atoms with Gasteiger partial charge in [0, 0.05) is 31.0 Å². The van der Waals surface area contributed by atoms with E-state index in [1.165, 1.54) is 18.3 Å². The summed E-state index contributed by atoms with van der Waals surface area (Å²) in [6, 6.07) is 3.63. The van der Waals surface area contributed by atoms with Gasteiger partial charge in [0.1, 0.15) is 5.82 Å². The van der Waals surface area contributed by atoms with Gasteiger partial charge in [-0.1, -0.05) is 13.8 Å². The molecule has 1 saturated heterocycles. The van der Waals surface area contributed by atoms with Gasteiger partial charge in [-0.25, -0.2) is 4.68 Å². The average Bonchev–Trinajstić information content (AvgIpc) is 3.30. The Balaban J connectivity index is 1.60. The van der Waals surface area contributed by atoms with Crippen LogP contribution in [0.2, 0.25) is 0 Å². The Bertz CT molecular complexity index is 862. The Morgan fingerprint density at radius 1 is 1.29 bits per heavy atom. The SMILES string of the molecule is CC(=O)c1cc(C(=O)N2CCC(n3nccc3NC(=O)CC(C)C)CC2)cs1. The van der Waals surface area contributed by atoms with E-state index in [1.807, 2.05) is 29.5 Å². The fourth-order valence-electron chi connectivity index (χ4n) is 3.40. The second-order valence-corrected chi connectivity index (χ2v) is 8.50. The first-order valence-corrected chi connectivity index (χ1v) is 10.4. The summed E-state index contributed by atoms with van der Waals surface area (Å²) in [5.74, 6) is 0.940. The quantitative estimate of drug-likeness (QED) is 0.748. The molecule has 0 aliphatic carbocycles. The number of ketones is 1. The third-order valence-electron chi connectivity index (χ3n) is 4.82. The van der Waals surface area contributed by atoms with Crippen LogP contribution < -0.4 is 5.32 Å². The molecule has 3 heterocycles. The third kappa shape index (κ3) is 4.67. The van der Waals surface area contributed by atoms with Gasteiger partial charge in [0.15, 0.2) is 5.78 Å². The number of likely N-dealkylation sites (tertiary alicyclic amines) is 1. The average molecular weight is 403 g/mol. The van der Waals surface area contributed by atoms with Crippen molar-refractivity contribution in [1.29, 1.82) is 0 Å². The highest BCUT2D eigenvalue weighted by molar-refractivity contribution is 7.12. The first kappa shape index (κ1) is 20.3. The van der Waals surface area contributed by atoms with E-state index in [-0.39, 0.29) is 23.6 Å². The number of rotatable bonds is 6. The molecule has 150 valence electrons. The normalized spacial score (nSPS) is 15.1. The lowest BCUT2D eigenvalue weighted by Crippen LogP contribution is -2.39. The molecule has 1 fully saturated rings. The van der Waals surface area contributed by atoms with Crippen molar-refractivity contribution in [1.82, 2.24) is 14.7 Å². The summed E-state index contributed by atoms with van der Waals surface area (Å²) in [7, 11) is 0. The minimum atomic E-state index is -0.0341. The van der Waals surface area contributed by atoms with Gasteiger partial charge in [-0.3, -0.25) is 14.4 Å². The van der Waals surface area contributed by atoms with E-state index < -0.39 is 0 Å². The van der Waals surface area contributed by atoms with Gasteiger partial charge in [0.25, 0.3) is 5.91 Å². The molecule has 1 N–H and O–H groups in total. The van der Waals surface area contributed by atoms with Crippen LogP contribution in [0, 0.1) is 5.92 Å². The van der Waals surface area contributed by atoms with Crippen LogP contribution >= 0.6 is 11.3 Å². The number of carbonyl (C=O) groups excluding carboxylic acids is 3. The van der Waals surface area contributed by atoms with E-state index in [2.05, 4.69) is 10.4 Å². The summed E-state index contributed by atoms with van der Waals surface area (Å²) >= 11 is 1.31. The van der Waals surface area contributed by atoms with Gasteiger partial charge in [-0.2, -0.15) is 5.10 Å². The second-order valence-electron chi connectivity index (χ2n) is 7.59. The van der Waals surface area contributed by atoms with Gasteiger partial charge >= 0.3 is 0 Å². The van der Waals surface area contributed by atoms with Crippen molar-refractivity contribution >= 4 is 34.8 Å². The lowest BCUT2D eigenvalue weighted by molar-refractivity contribution is -0.116. The van der Waals surface area contributed by atoms with Crippen LogP contribution in [0.15, 0.2) is 23.7 Å². The number of carbonyl (C=O) groups is 3. The molecule has 0 bridgehead atoms. The largest absolute Gasteiger partial charge is 0.338 e. The predicted molar refractivity (Wildman–Crippen MR) is 109 cm³/mol. The van der Waals surface area contributed by atoms with Gasteiger partial charge in [-0.15, -0.1) is 11.3 Å². The molecule has 7 nitrogen and oxygen atoms in total. The van der Waals surface area contributed by atoms with Crippen LogP contribution in [-0.2, 0) is 4.79 Å². The summed E-state index contributed by atoms with van der Waals surface area (Å²) < 4.78 is 1.86. The van der Waals surface area contributed by atoms with Crippen LogP contribution in [0.4, 0.5) is 5.82 Å². The molecule has 0 saturated carbocycles. The molecule has 0 atom stereocenters. The molecular formula is C20H26N4O3S. The van der Waals surface area contributed by atoms with Crippen molar-refractivity contribution in [2.75, 3.05) is 18.4 Å². The van der Waals surface area contributed by atoms with Gasteiger partial charge < -0.3 is 10.2 Å². The summed E-state index contributed by atoms with van der Waals surface area (Å²) in [6.07, 6.45) is 3.70. The Morgan fingerprint density at radius 2 is 2.00 bits per heavy atom. The number of nitrogens with zero attached hydrogens (tertiary/aromatic N) is 3. The predicted octanol–water partition coefficient (Wildman–Crippen LogP) is 3.61. The van der Waals surface area contributed by atoms with E-state index in [0.717, 1.165) is 12.8 Å². The third-order valence-corrected chi connectivity index (χ3v) is 5.85. The Kier molecular flexibility index (Phi) is 6.28. The van der Waals surface area contributed by atoms with E-state index in [4.69, 9.17) is 0 Å². The molecule has 1 aliphatic heterocycles. The zero-order valence-electron chi connectivity index (χ0n) is 16.5. The van der Waals surface area contributed by atoms with E-state index in [1.54, 1.807) is 17.6 Å². The highest BCUT2D eigenvalue weighted by Gasteiger charge is 2.27. The molecule has 0 aromatic carbocycles. The number of anilines is 1. The molecule has 3 rings (SSSR count). The molecule has 0 spiro atoms. The lowest BCUT2D eigenvalue weighted by atomic mass is 10.0. The molecule has 28 heavy (non-hydrogen) atoms. The van der Waals surface area contributed by atoms with Crippen LogP contribution in [0.5, 0.6) is 0 Å². The van der Waals surface area contributed by atoms with Crippen molar-refractivity contribution in [3.05, 3.63) is 34.2 Å². The summed E-state index contributed by atoms with van der Waals surface area (Å²) in [5, 5.41) is 9.08. The fraction of sp³-hybridized carbons (Fsp3) is 0.500. The number of nitrogens with one attached hydrogen (secondary N) is 1. The topological polar surface area (TPSA) is 84.3 Å². The molecule has 0 radical (unpaired) electrons. The Morgan fingerprint density at radius 3 is 2.61 bits per heavy atom. The van der Waals surface area contributed by atoms with Crippen molar-refractivity contribution in [2.24, 2.45) is 5.92 Å². The zero-order chi connectivity index (χ0) is 20.3. The van der Waals surface area contributed by atoms with E-state index in [0.29, 0.717) is 41.7 Å². The van der Waals surface area contributed by atoms with Gasteiger partial charge in [0.05, 0.1) is 22.7 Å². The summed E-state index contributed by atoms with van der Waals surface area (Å²) in [6.45, 7) is 6.77. The first-order chi connectivity index (χ1) is 13.3. The smallest absolute Gasteiger partial charge is 0.254 e. The minimum Gasteiger partial charge on any atom is -0.338 e. The Labute approximate surface area is 168 Å². The van der Waals surface area contributed by atoms with Crippen LogP contribution in [0.25, 0.3) is 0 Å². The Hall–Kier alpha value is -2.48. The van der Waals surface area contributed by atoms with Crippen molar-refractivity contribution < 1.29 is 14.4 Å². The van der Waals surface area contributed by atoms with Gasteiger partial charge in [0.2, 0.25) is 5.91 Å². The lowest BCUT2D eigenvalue weighted by Gasteiger charge is -2.32. The molecule has 1 aliphatic rings. The molecule has 2 aromatic heterocycles. The number of hydrogen-bond acceptors (Lipinski definition) is 5. The fourth-order valence-corrected chi connectivity index (χ4v) is 4.18. The maximum atomic E-state index is 12.7. The van der Waals surface area contributed by atoms with Gasteiger partial charge in [-0.05, 0) is 31.7 Å². The minimum absolute atomic E-state index is 0.0110. The van der Waals surface area contributed by atoms with Crippen LogP contribution in [-0.4, -0.2) is 45.4 Å². The van der Waals surface area contributed by atoms with E-state index in [9.17, 15) is 14.4 Å². The van der Waals surface area contributed by atoms with Crippen molar-refractivity contribution in [3.63, 3.8) is 0 Å². The number of piperidine rings is 1. The maximum Gasteiger partial charge on any atom is 0.254 e. The molecular weight excluding hydrogens is 376 g/mol. The molecule has 8 heteroatoms. The van der Waals surface area contributed by atoms with Crippen LogP contribution in [0.3, 0.4) is 0 Å². The maximum absolute atomic E-state index is 12.7. The van der Waals surface area contributed by atoms with Crippen LogP contribution in [0.1, 0.15) is 66.1 Å². The monoisotopic (exact) mass is 402 g/mol. The number of hydrogen-bond donors (Lipinski definition) is 1. The molecule has 2 amide bonds. The first-order valence-electron chi connectivity index (χ1n) is 9.57. The van der Waals surface area contributed by atoms with Crippen molar-refractivity contribution in [2.45, 2.75) is 46.1 Å². The number of thiophene rings is 1. The summed E-state index contributed by atoms with van der Waals surface area (Å²) in [5.41, 5.74) is 0.578. The number of aromatic nitrogens is 2. The number of amides is 2. The molecule has 2 aromatic rings. The second kappa shape index (κ2) is 8.68. The highest BCUT2D eigenvalue weighted by Crippen LogP contribution is 2.27. The number of Topliss-reactive ketones (excluding diaryl/α,β-unsaturated/α-hetero) is 1. The van der Waals surface area contributed by atoms with E-state index >= 15 is 0 Å².